The number of fused-ring (bicyclic) bond motifs is 1. The molecule has 28 heavy (non-hydrogen) atoms. The molecular formula is C23H22N4O. The van der Waals surface area contributed by atoms with Crippen LogP contribution in [0.4, 0.5) is 11.6 Å². The minimum absolute atomic E-state index is 0.576. The van der Waals surface area contributed by atoms with Crippen LogP contribution in [0.5, 0.6) is 5.75 Å². The first-order valence-electron chi connectivity index (χ1n) is 9.28. The molecule has 0 amide bonds. The molecule has 0 spiro atoms. The molecule has 1 aromatic heterocycles. The lowest BCUT2D eigenvalue weighted by molar-refractivity contribution is 0.306. The summed E-state index contributed by atoms with van der Waals surface area (Å²) in [5, 5.41) is 4.22. The molecule has 0 bridgehead atoms. The van der Waals surface area contributed by atoms with E-state index in [1.165, 1.54) is 5.56 Å². The standard InChI is InChI=1S/C23H22N4O/c24-20-8-11-22-19(14-20)15-26-23(27-22)25-13-12-17-6-9-21(10-7-17)28-16-18-4-2-1-3-5-18/h1-11,14-15H,12-13,16,24H2,(H,25,26,27). The van der Waals surface area contributed by atoms with E-state index < -0.39 is 0 Å². The fourth-order valence-corrected chi connectivity index (χ4v) is 2.95. The molecule has 1 heterocycles. The quantitative estimate of drug-likeness (QED) is 0.470. The van der Waals surface area contributed by atoms with Crippen molar-refractivity contribution in [2.75, 3.05) is 17.6 Å². The van der Waals surface area contributed by atoms with E-state index in [9.17, 15) is 0 Å². The third-order valence-electron chi connectivity index (χ3n) is 4.47. The molecule has 5 nitrogen and oxygen atoms in total. The van der Waals surface area contributed by atoms with Crippen LogP contribution < -0.4 is 15.8 Å². The van der Waals surface area contributed by atoms with Gasteiger partial charge in [0.15, 0.2) is 0 Å². The Labute approximate surface area is 164 Å². The van der Waals surface area contributed by atoms with Crippen molar-refractivity contribution in [2.24, 2.45) is 0 Å². The fourth-order valence-electron chi connectivity index (χ4n) is 2.95. The molecule has 0 fully saturated rings. The number of anilines is 2. The third kappa shape index (κ3) is 4.57. The van der Waals surface area contributed by atoms with Gasteiger partial charge in [0.25, 0.3) is 0 Å². The summed E-state index contributed by atoms with van der Waals surface area (Å²) in [6.45, 7) is 1.33. The highest BCUT2D eigenvalue weighted by Gasteiger charge is 2.01. The van der Waals surface area contributed by atoms with Crippen LogP contribution in [0.25, 0.3) is 10.9 Å². The number of aromatic nitrogens is 2. The second kappa shape index (κ2) is 8.39. The Hall–Kier alpha value is -3.60. The number of hydrogen-bond donors (Lipinski definition) is 2. The Bertz CT molecular complexity index is 1050. The zero-order chi connectivity index (χ0) is 19.2. The number of rotatable bonds is 7. The van der Waals surface area contributed by atoms with Crippen molar-refractivity contribution >= 4 is 22.5 Å². The van der Waals surface area contributed by atoms with Gasteiger partial charge in [0.05, 0.1) is 5.52 Å². The van der Waals surface area contributed by atoms with E-state index in [2.05, 4.69) is 39.6 Å². The number of nitrogens with one attached hydrogen (secondary N) is 1. The van der Waals surface area contributed by atoms with E-state index >= 15 is 0 Å². The van der Waals surface area contributed by atoms with Gasteiger partial charge < -0.3 is 15.8 Å². The summed E-state index contributed by atoms with van der Waals surface area (Å²) in [4.78, 5) is 8.87. The monoisotopic (exact) mass is 370 g/mol. The Morgan fingerprint density at radius 3 is 2.54 bits per heavy atom. The van der Waals surface area contributed by atoms with Crippen molar-refractivity contribution in [3.63, 3.8) is 0 Å². The van der Waals surface area contributed by atoms with E-state index in [0.29, 0.717) is 18.2 Å². The first-order valence-corrected chi connectivity index (χ1v) is 9.28. The van der Waals surface area contributed by atoms with Gasteiger partial charge in [-0.05, 0) is 47.9 Å². The van der Waals surface area contributed by atoms with Crippen LogP contribution in [-0.4, -0.2) is 16.5 Å². The van der Waals surface area contributed by atoms with Crippen molar-refractivity contribution in [3.8, 4) is 5.75 Å². The molecule has 0 unspecified atom stereocenters. The molecule has 0 aliphatic carbocycles. The summed E-state index contributed by atoms with van der Waals surface area (Å²) in [6.07, 6.45) is 2.67. The molecule has 140 valence electrons. The van der Waals surface area contributed by atoms with Crippen LogP contribution in [-0.2, 0) is 13.0 Å². The van der Waals surface area contributed by atoms with Gasteiger partial charge in [-0.25, -0.2) is 9.97 Å². The van der Waals surface area contributed by atoms with Crippen LogP contribution in [0.2, 0.25) is 0 Å². The maximum atomic E-state index is 5.83. The number of nitrogen functional groups attached to an aromatic ring is 1. The molecule has 4 aromatic rings. The van der Waals surface area contributed by atoms with Crippen LogP contribution in [0.15, 0.2) is 79.0 Å². The minimum Gasteiger partial charge on any atom is -0.489 e. The van der Waals surface area contributed by atoms with Gasteiger partial charge in [-0.1, -0.05) is 42.5 Å². The SMILES string of the molecule is Nc1ccc2nc(NCCc3ccc(OCc4ccccc4)cc3)ncc2c1. The summed E-state index contributed by atoms with van der Waals surface area (Å²) in [5.74, 6) is 1.50. The van der Waals surface area contributed by atoms with Crippen LogP contribution in [0.3, 0.4) is 0 Å². The molecular weight excluding hydrogens is 348 g/mol. The van der Waals surface area contributed by atoms with E-state index in [4.69, 9.17) is 10.5 Å². The lowest BCUT2D eigenvalue weighted by Crippen LogP contribution is -2.08. The van der Waals surface area contributed by atoms with E-state index in [0.717, 1.165) is 35.2 Å². The van der Waals surface area contributed by atoms with Gasteiger partial charge in [-0.3, -0.25) is 0 Å². The topological polar surface area (TPSA) is 73.1 Å². The van der Waals surface area contributed by atoms with Gasteiger partial charge in [0.1, 0.15) is 12.4 Å². The van der Waals surface area contributed by atoms with E-state index in [-0.39, 0.29) is 0 Å². The van der Waals surface area contributed by atoms with Gasteiger partial charge in [0.2, 0.25) is 5.95 Å². The Morgan fingerprint density at radius 1 is 0.893 bits per heavy atom. The molecule has 0 saturated heterocycles. The van der Waals surface area contributed by atoms with Gasteiger partial charge >= 0.3 is 0 Å². The molecule has 3 N–H and O–H groups in total. The highest BCUT2D eigenvalue weighted by atomic mass is 16.5. The Kier molecular flexibility index (Phi) is 5.33. The lowest BCUT2D eigenvalue weighted by Gasteiger charge is -2.08. The Morgan fingerprint density at radius 2 is 1.71 bits per heavy atom. The maximum Gasteiger partial charge on any atom is 0.223 e. The molecule has 3 aromatic carbocycles. The normalized spacial score (nSPS) is 10.7. The van der Waals surface area contributed by atoms with Crippen molar-refractivity contribution in [1.82, 2.24) is 9.97 Å². The zero-order valence-electron chi connectivity index (χ0n) is 15.5. The van der Waals surface area contributed by atoms with Crippen LogP contribution in [0.1, 0.15) is 11.1 Å². The summed E-state index contributed by atoms with van der Waals surface area (Å²) in [6, 6.07) is 24.0. The predicted molar refractivity (Wildman–Crippen MR) is 113 cm³/mol. The average Bonchev–Trinajstić information content (AvgIpc) is 2.74. The summed E-state index contributed by atoms with van der Waals surface area (Å²) < 4.78 is 5.83. The number of ether oxygens (including phenoxy) is 1. The average molecular weight is 370 g/mol. The largest absolute Gasteiger partial charge is 0.489 e. The van der Waals surface area contributed by atoms with E-state index in [1.807, 2.05) is 48.5 Å². The number of hydrogen-bond acceptors (Lipinski definition) is 5. The molecule has 4 rings (SSSR count). The molecule has 5 heteroatoms. The van der Waals surface area contributed by atoms with E-state index in [1.54, 1.807) is 6.20 Å². The minimum atomic E-state index is 0.576. The van der Waals surface area contributed by atoms with Crippen molar-refractivity contribution in [1.29, 1.82) is 0 Å². The predicted octanol–water partition coefficient (Wildman–Crippen LogP) is 4.45. The fraction of sp³-hybridized carbons (Fsp3) is 0.130. The number of benzene rings is 3. The highest BCUT2D eigenvalue weighted by Crippen LogP contribution is 2.17. The molecule has 0 aliphatic heterocycles. The molecule has 0 saturated carbocycles. The van der Waals surface area contributed by atoms with Gasteiger partial charge in [0, 0.05) is 23.8 Å². The Balaban J connectivity index is 1.28. The second-order valence-corrected chi connectivity index (χ2v) is 6.61. The van der Waals surface area contributed by atoms with Gasteiger partial charge in [-0.2, -0.15) is 0 Å². The zero-order valence-corrected chi connectivity index (χ0v) is 15.5. The highest BCUT2D eigenvalue weighted by molar-refractivity contribution is 5.81. The summed E-state index contributed by atoms with van der Waals surface area (Å²) in [7, 11) is 0. The third-order valence-corrected chi connectivity index (χ3v) is 4.47. The van der Waals surface area contributed by atoms with Crippen molar-refractivity contribution < 1.29 is 4.74 Å². The maximum absolute atomic E-state index is 5.83. The lowest BCUT2D eigenvalue weighted by atomic mass is 10.1. The summed E-state index contributed by atoms with van der Waals surface area (Å²) in [5.41, 5.74) is 9.77. The van der Waals surface area contributed by atoms with Crippen molar-refractivity contribution in [3.05, 3.63) is 90.1 Å². The smallest absolute Gasteiger partial charge is 0.223 e. The molecule has 0 aliphatic rings. The molecule has 0 radical (unpaired) electrons. The number of nitrogens with two attached hydrogens (primary N) is 1. The first kappa shape index (κ1) is 17.8. The van der Waals surface area contributed by atoms with Crippen LogP contribution in [0, 0.1) is 0 Å². The number of nitrogens with zero attached hydrogens (tertiary/aromatic N) is 2. The molecule has 0 atom stereocenters. The van der Waals surface area contributed by atoms with Crippen LogP contribution >= 0.6 is 0 Å². The van der Waals surface area contributed by atoms with Gasteiger partial charge in [-0.15, -0.1) is 0 Å². The first-order chi connectivity index (χ1) is 13.8. The second-order valence-electron chi connectivity index (χ2n) is 6.61. The summed E-state index contributed by atoms with van der Waals surface area (Å²) >= 11 is 0. The van der Waals surface area contributed by atoms with Crippen molar-refractivity contribution in [2.45, 2.75) is 13.0 Å².